The van der Waals surface area contributed by atoms with Gasteiger partial charge in [-0.2, -0.15) is 0 Å². The van der Waals surface area contributed by atoms with Crippen LogP contribution in [0, 0.1) is 13.8 Å². The molecule has 0 aliphatic heterocycles. The second-order valence-corrected chi connectivity index (χ2v) is 6.34. The summed E-state index contributed by atoms with van der Waals surface area (Å²) >= 11 is 0. The standard InChI is InChI=1S/C20H19NO/c1-4-13-7-12(3)9-16-15(13)10-17-14-6-5-11(2)8-18(14)20(22)21-19(16)17/h5-9H,4,10H2,1-3H3,(H,21,22). The van der Waals surface area contributed by atoms with Crippen LogP contribution in [0.15, 0.2) is 35.1 Å². The number of H-pyrrole nitrogens is 1. The zero-order valence-corrected chi connectivity index (χ0v) is 13.2. The molecule has 1 heterocycles. The Labute approximate surface area is 129 Å². The number of fused-ring (bicyclic) bond motifs is 5. The third-order valence-corrected chi connectivity index (χ3v) is 4.78. The molecular weight excluding hydrogens is 270 g/mol. The number of aryl methyl sites for hydroxylation is 3. The first-order chi connectivity index (χ1) is 10.6. The van der Waals surface area contributed by atoms with Gasteiger partial charge in [-0.05, 0) is 54.5 Å². The zero-order chi connectivity index (χ0) is 15.4. The summed E-state index contributed by atoms with van der Waals surface area (Å²) in [5, 5.41) is 1.90. The Morgan fingerprint density at radius 3 is 2.59 bits per heavy atom. The van der Waals surface area contributed by atoms with Crippen molar-refractivity contribution in [2.75, 3.05) is 0 Å². The lowest BCUT2D eigenvalue weighted by Crippen LogP contribution is -2.08. The summed E-state index contributed by atoms with van der Waals surface area (Å²) in [7, 11) is 0. The van der Waals surface area contributed by atoms with Crippen molar-refractivity contribution in [3.05, 3.63) is 68.5 Å². The quantitative estimate of drug-likeness (QED) is 0.557. The molecule has 110 valence electrons. The van der Waals surface area contributed by atoms with Gasteiger partial charge < -0.3 is 4.98 Å². The predicted octanol–water partition coefficient (Wildman–Crippen LogP) is 4.28. The number of aromatic amines is 1. The molecular formula is C20H19NO. The minimum atomic E-state index is 0.0184. The van der Waals surface area contributed by atoms with Crippen LogP contribution in [0.5, 0.6) is 0 Å². The Morgan fingerprint density at radius 2 is 1.82 bits per heavy atom. The second-order valence-electron chi connectivity index (χ2n) is 6.34. The van der Waals surface area contributed by atoms with Crippen molar-refractivity contribution < 1.29 is 0 Å². The molecule has 0 fully saturated rings. The Balaban J connectivity index is 2.10. The molecule has 0 unspecified atom stereocenters. The Bertz CT molecular complexity index is 979. The van der Waals surface area contributed by atoms with E-state index in [9.17, 15) is 4.79 Å². The van der Waals surface area contributed by atoms with E-state index < -0.39 is 0 Å². The number of aromatic nitrogens is 1. The number of hydrogen-bond acceptors (Lipinski definition) is 1. The van der Waals surface area contributed by atoms with Crippen LogP contribution in [0.2, 0.25) is 0 Å². The maximum Gasteiger partial charge on any atom is 0.256 e. The van der Waals surface area contributed by atoms with E-state index in [-0.39, 0.29) is 5.56 Å². The van der Waals surface area contributed by atoms with Gasteiger partial charge in [0.2, 0.25) is 0 Å². The van der Waals surface area contributed by atoms with Crippen molar-refractivity contribution in [1.29, 1.82) is 0 Å². The van der Waals surface area contributed by atoms with E-state index >= 15 is 0 Å². The first-order valence-corrected chi connectivity index (χ1v) is 7.86. The summed E-state index contributed by atoms with van der Waals surface area (Å²) in [4.78, 5) is 15.6. The fourth-order valence-corrected chi connectivity index (χ4v) is 3.73. The van der Waals surface area contributed by atoms with Crippen molar-refractivity contribution in [2.45, 2.75) is 33.6 Å². The van der Waals surface area contributed by atoms with E-state index in [2.05, 4.69) is 43.1 Å². The van der Waals surface area contributed by atoms with Crippen molar-refractivity contribution >= 4 is 10.8 Å². The average Bonchev–Trinajstić information content (AvgIpc) is 2.85. The van der Waals surface area contributed by atoms with Crippen LogP contribution in [0.3, 0.4) is 0 Å². The van der Waals surface area contributed by atoms with Crippen molar-refractivity contribution in [3.8, 4) is 11.3 Å². The van der Waals surface area contributed by atoms with Gasteiger partial charge in [0, 0.05) is 17.4 Å². The lowest BCUT2D eigenvalue weighted by Gasteiger charge is -2.08. The van der Waals surface area contributed by atoms with Crippen molar-refractivity contribution in [2.24, 2.45) is 0 Å². The van der Waals surface area contributed by atoms with Crippen LogP contribution < -0.4 is 5.56 Å². The highest BCUT2D eigenvalue weighted by Crippen LogP contribution is 2.40. The molecule has 2 aromatic carbocycles. The van der Waals surface area contributed by atoms with Gasteiger partial charge in [-0.1, -0.05) is 36.2 Å². The molecule has 3 aromatic rings. The largest absolute Gasteiger partial charge is 0.321 e. The van der Waals surface area contributed by atoms with Gasteiger partial charge in [-0.15, -0.1) is 0 Å². The van der Waals surface area contributed by atoms with Gasteiger partial charge >= 0.3 is 0 Å². The number of pyridine rings is 1. The van der Waals surface area contributed by atoms with E-state index in [0.29, 0.717) is 0 Å². The molecule has 1 aliphatic carbocycles. The molecule has 4 rings (SSSR count). The molecule has 1 aromatic heterocycles. The molecule has 0 spiro atoms. The van der Waals surface area contributed by atoms with Crippen LogP contribution in [0.4, 0.5) is 0 Å². The predicted molar refractivity (Wildman–Crippen MR) is 91.7 cm³/mol. The topological polar surface area (TPSA) is 32.9 Å². The van der Waals surface area contributed by atoms with Gasteiger partial charge in [0.25, 0.3) is 5.56 Å². The van der Waals surface area contributed by atoms with E-state index in [0.717, 1.165) is 34.9 Å². The fourth-order valence-electron chi connectivity index (χ4n) is 3.73. The minimum absolute atomic E-state index is 0.0184. The Kier molecular flexibility index (Phi) is 2.77. The molecule has 0 saturated heterocycles. The highest BCUT2D eigenvalue weighted by molar-refractivity contribution is 5.93. The van der Waals surface area contributed by atoms with Crippen molar-refractivity contribution in [1.82, 2.24) is 4.98 Å². The summed E-state index contributed by atoms with van der Waals surface area (Å²) in [6, 6.07) is 10.7. The maximum absolute atomic E-state index is 12.5. The van der Waals surface area contributed by atoms with Crippen LogP contribution in [0.1, 0.15) is 34.7 Å². The van der Waals surface area contributed by atoms with Gasteiger partial charge in [-0.3, -0.25) is 4.79 Å². The lowest BCUT2D eigenvalue weighted by atomic mass is 9.97. The number of rotatable bonds is 1. The first kappa shape index (κ1) is 13.3. The lowest BCUT2D eigenvalue weighted by molar-refractivity contribution is 1.08. The summed E-state index contributed by atoms with van der Waals surface area (Å²) in [6.45, 7) is 6.35. The smallest absolute Gasteiger partial charge is 0.256 e. The first-order valence-electron chi connectivity index (χ1n) is 7.86. The van der Waals surface area contributed by atoms with E-state index in [1.165, 1.54) is 27.8 Å². The third-order valence-electron chi connectivity index (χ3n) is 4.78. The number of hydrogen-bond donors (Lipinski definition) is 1. The molecule has 0 bridgehead atoms. The third kappa shape index (κ3) is 1.77. The molecule has 1 aliphatic rings. The molecule has 0 saturated carbocycles. The van der Waals surface area contributed by atoms with Crippen LogP contribution in [-0.2, 0) is 12.8 Å². The SMILES string of the molecule is CCc1cc(C)cc2c1Cc1c-2[nH]c(=O)c2cc(C)ccc12. The zero-order valence-electron chi connectivity index (χ0n) is 13.2. The van der Waals surface area contributed by atoms with Crippen LogP contribution in [0.25, 0.3) is 22.0 Å². The molecule has 22 heavy (non-hydrogen) atoms. The Hall–Kier alpha value is -2.35. The van der Waals surface area contributed by atoms with Crippen molar-refractivity contribution in [3.63, 3.8) is 0 Å². The molecule has 2 nitrogen and oxygen atoms in total. The molecule has 0 radical (unpaired) electrons. The highest BCUT2D eigenvalue weighted by atomic mass is 16.1. The average molecular weight is 289 g/mol. The normalized spacial score (nSPS) is 12.5. The summed E-state index contributed by atoms with van der Waals surface area (Å²) in [5.41, 5.74) is 8.68. The van der Waals surface area contributed by atoms with Crippen LogP contribution >= 0.6 is 0 Å². The van der Waals surface area contributed by atoms with E-state index in [1.54, 1.807) is 0 Å². The second kappa shape index (κ2) is 4.57. The summed E-state index contributed by atoms with van der Waals surface area (Å²) < 4.78 is 0. The summed E-state index contributed by atoms with van der Waals surface area (Å²) in [5.74, 6) is 0. The minimum Gasteiger partial charge on any atom is -0.321 e. The number of benzene rings is 2. The molecule has 2 heteroatoms. The monoisotopic (exact) mass is 289 g/mol. The van der Waals surface area contributed by atoms with Gasteiger partial charge in [-0.25, -0.2) is 0 Å². The summed E-state index contributed by atoms with van der Waals surface area (Å²) in [6.07, 6.45) is 1.95. The molecule has 0 amide bonds. The fraction of sp³-hybridized carbons (Fsp3) is 0.250. The van der Waals surface area contributed by atoms with Gasteiger partial charge in [0.05, 0.1) is 5.69 Å². The highest BCUT2D eigenvalue weighted by Gasteiger charge is 2.24. The van der Waals surface area contributed by atoms with Gasteiger partial charge in [0.1, 0.15) is 0 Å². The maximum atomic E-state index is 12.5. The van der Waals surface area contributed by atoms with E-state index in [4.69, 9.17) is 0 Å². The van der Waals surface area contributed by atoms with E-state index in [1.807, 2.05) is 13.0 Å². The van der Waals surface area contributed by atoms with Gasteiger partial charge in [0.15, 0.2) is 0 Å². The Morgan fingerprint density at radius 1 is 1.00 bits per heavy atom. The van der Waals surface area contributed by atoms with Crippen LogP contribution in [-0.4, -0.2) is 4.98 Å². The molecule has 1 N–H and O–H groups in total. The molecule has 0 atom stereocenters. The number of nitrogens with one attached hydrogen (secondary N) is 1.